The van der Waals surface area contributed by atoms with E-state index >= 15 is 0 Å². The molecule has 0 radical (unpaired) electrons. The van der Waals surface area contributed by atoms with Gasteiger partial charge in [0, 0.05) is 24.2 Å². The Morgan fingerprint density at radius 2 is 2.26 bits per heavy atom. The van der Waals surface area contributed by atoms with Gasteiger partial charge in [-0.1, -0.05) is 6.07 Å². The van der Waals surface area contributed by atoms with Gasteiger partial charge in [0.15, 0.2) is 9.84 Å². The quantitative estimate of drug-likeness (QED) is 0.885. The Balaban J connectivity index is 2.00. The van der Waals surface area contributed by atoms with E-state index in [4.69, 9.17) is 5.11 Å². The Morgan fingerprint density at radius 3 is 2.84 bits per heavy atom. The summed E-state index contributed by atoms with van der Waals surface area (Å²) in [6.07, 6.45) is 1.37. The van der Waals surface area contributed by atoms with Crippen LogP contribution in [0.25, 0.3) is 0 Å². The van der Waals surface area contributed by atoms with Crippen molar-refractivity contribution in [2.24, 2.45) is 0 Å². The Kier molecular flexibility index (Phi) is 4.10. The second kappa shape index (κ2) is 5.46. The molecule has 0 aromatic heterocycles. The van der Waals surface area contributed by atoms with Crippen molar-refractivity contribution in [2.75, 3.05) is 12.3 Å². The lowest BCUT2D eigenvalue weighted by atomic mass is 10.1. The highest BCUT2D eigenvalue weighted by Gasteiger charge is 2.31. The lowest BCUT2D eigenvalue weighted by Crippen LogP contribution is -2.32. The van der Waals surface area contributed by atoms with E-state index in [0.717, 1.165) is 6.07 Å². The molecule has 4 nitrogen and oxygen atoms in total. The Morgan fingerprint density at radius 1 is 1.53 bits per heavy atom. The zero-order valence-electron chi connectivity index (χ0n) is 10.8. The molecule has 0 saturated carbocycles. The smallest absolute Gasteiger partial charge is 0.154 e. The summed E-state index contributed by atoms with van der Waals surface area (Å²) < 4.78 is 37.0. The van der Waals surface area contributed by atoms with Gasteiger partial charge in [-0.3, -0.25) is 0 Å². The third kappa shape index (κ3) is 3.25. The average Bonchev–Trinajstić information content (AvgIpc) is 2.65. The molecule has 19 heavy (non-hydrogen) atoms. The second-order valence-electron chi connectivity index (χ2n) is 4.97. The fraction of sp³-hybridized carbons (Fsp3) is 0.538. The molecule has 2 rings (SSSR count). The number of nitrogens with one attached hydrogen (secondary N) is 1. The summed E-state index contributed by atoms with van der Waals surface area (Å²) in [7, 11) is -2.98. The molecule has 6 heteroatoms. The summed E-state index contributed by atoms with van der Waals surface area (Å²) in [5.41, 5.74) is 0.424. The summed E-state index contributed by atoms with van der Waals surface area (Å²) in [4.78, 5) is 0. The first kappa shape index (κ1) is 14.3. The van der Waals surface area contributed by atoms with E-state index in [1.165, 1.54) is 12.1 Å². The van der Waals surface area contributed by atoms with Crippen molar-refractivity contribution < 1.29 is 17.9 Å². The Bertz CT molecular complexity index is 559. The lowest BCUT2D eigenvalue weighted by Gasteiger charge is -2.17. The molecule has 1 aromatic carbocycles. The number of benzene rings is 1. The van der Waals surface area contributed by atoms with Crippen molar-refractivity contribution in [2.45, 2.75) is 31.1 Å². The predicted octanol–water partition coefficient (Wildman–Crippen LogP) is 1.76. The number of aromatic hydroxyl groups is 1. The molecule has 1 saturated heterocycles. The minimum Gasteiger partial charge on any atom is -0.508 e. The second-order valence-corrected chi connectivity index (χ2v) is 7.37. The van der Waals surface area contributed by atoms with Gasteiger partial charge in [0.1, 0.15) is 11.6 Å². The van der Waals surface area contributed by atoms with Gasteiger partial charge < -0.3 is 10.4 Å². The normalized spacial score (nSPS) is 23.4. The van der Waals surface area contributed by atoms with Crippen LogP contribution >= 0.6 is 0 Å². The van der Waals surface area contributed by atoms with Crippen LogP contribution in [0, 0.1) is 5.82 Å². The highest BCUT2D eigenvalue weighted by Crippen LogP contribution is 2.23. The van der Waals surface area contributed by atoms with Gasteiger partial charge in [-0.05, 0) is 25.8 Å². The third-order valence-electron chi connectivity index (χ3n) is 3.57. The topological polar surface area (TPSA) is 66.4 Å². The molecule has 1 aliphatic heterocycles. The summed E-state index contributed by atoms with van der Waals surface area (Å²) in [6.45, 7) is 2.11. The van der Waals surface area contributed by atoms with Crippen LogP contribution in [-0.4, -0.2) is 31.1 Å². The number of phenols is 1. The molecule has 0 aliphatic carbocycles. The van der Waals surface area contributed by atoms with Crippen LogP contribution < -0.4 is 5.32 Å². The third-order valence-corrected chi connectivity index (χ3v) is 5.84. The van der Waals surface area contributed by atoms with Crippen molar-refractivity contribution in [1.82, 2.24) is 5.32 Å². The molecule has 1 heterocycles. The molecule has 1 aliphatic rings. The van der Waals surface area contributed by atoms with Crippen molar-refractivity contribution in [1.29, 1.82) is 0 Å². The van der Waals surface area contributed by atoms with Gasteiger partial charge in [0.2, 0.25) is 0 Å². The van der Waals surface area contributed by atoms with Gasteiger partial charge >= 0.3 is 0 Å². The molecular formula is C13H18FNO3S. The fourth-order valence-electron chi connectivity index (χ4n) is 2.37. The van der Waals surface area contributed by atoms with Gasteiger partial charge in [0.25, 0.3) is 0 Å². The number of halogens is 1. The zero-order chi connectivity index (χ0) is 14.0. The van der Waals surface area contributed by atoms with Gasteiger partial charge in [-0.2, -0.15) is 0 Å². The summed E-state index contributed by atoms with van der Waals surface area (Å²) >= 11 is 0. The molecule has 2 unspecified atom stereocenters. The fourth-order valence-corrected chi connectivity index (χ4v) is 4.15. The first-order chi connectivity index (χ1) is 8.90. The summed E-state index contributed by atoms with van der Waals surface area (Å²) in [5.74, 6) is -0.359. The first-order valence-corrected chi connectivity index (χ1v) is 8.05. The van der Waals surface area contributed by atoms with E-state index in [1.807, 2.05) is 0 Å². The number of hydrogen-bond acceptors (Lipinski definition) is 4. The van der Waals surface area contributed by atoms with Crippen LogP contribution in [0.2, 0.25) is 0 Å². The number of rotatable bonds is 4. The maximum atomic E-state index is 13.6. The van der Waals surface area contributed by atoms with Crippen molar-refractivity contribution >= 4 is 9.84 Å². The van der Waals surface area contributed by atoms with E-state index in [2.05, 4.69) is 5.32 Å². The maximum absolute atomic E-state index is 13.6. The van der Waals surface area contributed by atoms with Gasteiger partial charge in [-0.15, -0.1) is 0 Å². The lowest BCUT2D eigenvalue weighted by molar-refractivity contribution is 0.463. The van der Waals surface area contributed by atoms with Crippen LogP contribution in [-0.2, 0) is 9.84 Å². The highest BCUT2D eigenvalue weighted by atomic mass is 32.2. The molecule has 2 atom stereocenters. The summed E-state index contributed by atoms with van der Waals surface area (Å²) in [5, 5.41) is 11.8. The van der Waals surface area contributed by atoms with E-state index in [0.29, 0.717) is 24.9 Å². The molecular weight excluding hydrogens is 269 g/mol. The van der Waals surface area contributed by atoms with Crippen LogP contribution in [0.1, 0.15) is 31.4 Å². The van der Waals surface area contributed by atoms with Crippen molar-refractivity contribution in [3.8, 4) is 5.75 Å². The van der Waals surface area contributed by atoms with E-state index in [-0.39, 0.29) is 22.8 Å². The zero-order valence-corrected chi connectivity index (χ0v) is 11.6. The first-order valence-electron chi connectivity index (χ1n) is 6.33. The van der Waals surface area contributed by atoms with Crippen molar-refractivity contribution in [3.63, 3.8) is 0 Å². The molecule has 1 aromatic rings. The standard InChI is InChI=1S/C13H18FNO3S/c1-9(12-5-4-10(16)7-13(12)14)15-8-11-3-2-6-19(11,17)18/h4-5,7,9,11,15-16H,2-3,6,8H2,1H3. The molecule has 0 bridgehead atoms. The average molecular weight is 287 g/mol. The van der Waals surface area contributed by atoms with Gasteiger partial charge in [-0.25, -0.2) is 12.8 Å². The predicted molar refractivity (Wildman–Crippen MR) is 71.3 cm³/mol. The van der Waals surface area contributed by atoms with Crippen LogP contribution in [0.4, 0.5) is 4.39 Å². The molecule has 106 valence electrons. The van der Waals surface area contributed by atoms with E-state index in [9.17, 15) is 12.8 Å². The van der Waals surface area contributed by atoms with Crippen molar-refractivity contribution in [3.05, 3.63) is 29.6 Å². The van der Waals surface area contributed by atoms with E-state index in [1.54, 1.807) is 6.92 Å². The van der Waals surface area contributed by atoms with E-state index < -0.39 is 15.7 Å². The monoisotopic (exact) mass is 287 g/mol. The Labute approximate surface area is 112 Å². The van der Waals surface area contributed by atoms with Gasteiger partial charge in [0.05, 0.1) is 11.0 Å². The van der Waals surface area contributed by atoms with Crippen LogP contribution in [0.15, 0.2) is 18.2 Å². The minimum atomic E-state index is -2.98. The number of sulfone groups is 1. The molecule has 0 amide bonds. The highest BCUT2D eigenvalue weighted by molar-refractivity contribution is 7.92. The number of hydrogen-bond donors (Lipinski definition) is 2. The van der Waals surface area contributed by atoms with Crippen LogP contribution in [0.3, 0.4) is 0 Å². The molecule has 1 fully saturated rings. The Hall–Kier alpha value is -1.14. The molecule has 2 N–H and O–H groups in total. The van der Waals surface area contributed by atoms with Crippen LogP contribution in [0.5, 0.6) is 5.75 Å². The summed E-state index contributed by atoms with van der Waals surface area (Å²) in [6, 6.07) is 3.69. The SMILES string of the molecule is CC(NCC1CCCS1(=O)=O)c1ccc(O)cc1F. The number of phenolic OH excluding ortho intramolecular Hbond substituents is 1. The minimum absolute atomic E-state index is 0.119. The maximum Gasteiger partial charge on any atom is 0.154 e. The largest absolute Gasteiger partial charge is 0.508 e. The molecule has 0 spiro atoms.